The van der Waals surface area contributed by atoms with Gasteiger partial charge in [0.2, 0.25) is 0 Å². The normalized spacial score (nSPS) is 0. The second-order valence-corrected chi connectivity index (χ2v) is 0. The van der Waals surface area contributed by atoms with Crippen LogP contribution in [0, 0.1) is 0 Å². The van der Waals surface area contributed by atoms with Crippen LogP contribution in [0.5, 0.6) is 0 Å². The van der Waals surface area contributed by atoms with E-state index in [1.807, 2.05) is 0 Å². The van der Waals surface area contributed by atoms with E-state index in [-0.39, 0.29) is 113 Å². The van der Waals surface area contributed by atoms with Gasteiger partial charge in [-0.15, -0.1) is 0 Å². The Balaban J connectivity index is 0. The van der Waals surface area contributed by atoms with Gasteiger partial charge in [-0.25, -0.2) is 0 Å². The summed E-state index contributed by atoms with van der Waals surface area (Å²) in [5, 5.41) is 0. The van der Waals surface area contributed by atoms with Crippen molar-refractivity contribution in [2.45, 2.75) is 0 Å². The summed E-state index contributed by atoms with van der Waals surface area (Å²) in [6.07, 6.45) is 0. The minimum atomic E-state index is 0. The molecule has 0 aromatic carbocycles. The Morgan fingerprint density at radius 2 is 0.500 bits per heavy atom. The van der Waals surface area contributed by atoms with E-state index in [0.717, 1.165) is 0 Å². The van der Waals surface area contributed by atoms with E-state index in [2.05, 4.69) is 0 Å². The zero-order valence-corrected chi connectivity index (χ0v) is 4.74. The molecule has 0 aliphatic rings. The Kier molecular flexibility index (Phi) is 98.9. The van der Waals surface area contributed by atoms with Gasteiger partial charge in [0, 0.05) is 0 Å². The number of hydrogen-bond acceptors (Lipinski definition) is 0. The van der Waals surface area contributed by atoms with Crippen molar-refractivity contribution in [3.63, 3.8) is 0 Å². The second kappa shape index (κ2) is 15.8. The van der Waals surface area contributed by atoms with Crippen molar-refractivity contribution in [3.05, 3.63) is 0 Å². The molecule has 4 heteroatoms. The van der Waals surface area contributed by atoms with E-state index in [1.165, 1.54) is 0 Å². The molecule has 0 rings (SSSR count). The first-order valence-corrected chi connectivity index (χ1v) is 0. The van der Waals surface area contributed by atoms with Crippen LogP contribution in [0.25, 0.3) is 0 Å². The fourth-order valence-corrected chi connectivity index (χ4v) is 0. The summed E-state index contributed by atoms with van der Waals surface area (Å²) in [6, 6.07) is 0. The maximum absolute atomic E-state index is 0. The van der Waals surface area contributed by atoms with E-state index in [0.29, 0.717) is 0 Å². The molecular weight excluding hydrogens is 188 g/mol. The first-order chi connectivity index (χ1) is 0. The summed E-state index contributed by atoms with van der Waals surface area (Å²) >= 11 is 0. The summed E-state index contributed by atoms with van der Waals surface area (Å²) in [6.45, 7) is 0. The molecule has 0 unspecified atom stereocenters. The van der Waals surface area contributed by atoms with Crippen LogP contribution in [0.2, 0.25) is 0 Å². The summed E-state index contributed by atoms with van der Waals surface area (Å²) in [5.74, 6) is 0. The molecule has 0 bridgehead atoms. The number of rotatable bonds is 0. The molecule has 2 radical (unpaired) electrons. The Morgan fingerprint density at radius 3 is 0.500 bits per heavy atom. The van der Waals surface area contributed by atoms with Crippen molar-refractivity contribution in [1.82, 2.24) is 0 Å². The first kappa shape index (κ1) is 25.0. The van der Waals surface area contributed by atoms with Crippen LogP contribution < -0.4 is 0 Å². The van der Waals surface area contributed by atoms with Crippen molar-refractivity contribution >= 4 is 113 Å². The molecule has 0 saturated heterocycles. The third kappa shape index (κ3) is 9.25. The SMILES string of the molecule is [NaH].[NaH].[NaH].[SnH2]. The number of hydrogen-bond donors (Lipinski definition) is 0. The van der Waals surface area contributed by atoms with Crippen molar-refractivity contribution in [3.8, 4) is 0 Å². The predicted molar refractivity (Wildman–Crippen MR) is 30.0 cm³/mol. The van der Waals surface area contributed by atoms with Gasteiger partial charge in [0.15, 0.2) is 0 Å². The minimum absolute atomic E-state index is 0. The van der Waals surface area contributed by atoms with E-state index < -0.39 is 0 Å². The van der Waals surface area contributed by atoms with E-state index in [1.54, 1.807) is 0 Å². The summed E-state index contributed by atoms with van der Waals surface area (Å²) < 4.78 is 0. The molecule has 4 heavy (non-hydrogen) atoms. The predicted octanol–water partition coefficient (Wildman–Crippen LogP) is -2.86. The fraction of sp³-hybridized carbons (Fsp3) is 0. The molecule has 0 aliphatic carbocycles. The van der Waals surface area contributed by atoms with Gasteiger partial charge in [-0.3, -0.25) is 0 Å². The molecule has 0 spiro atoms. The summed E-state index contributed by atoms with van der Waals surface area (Å²) in [5.41, 5.74) is 0. The Labute approximate surface area is 110 Å². The van der Waals surface area contributed by atoms with Gasteiger partial charge in [-0.1, -0.05) is 0 Å². The molecule has 0 heterocycles. The molecule has 12 valence electrons. The molecule has 0 aromatic heterocycles. The standard InChI is InChI=1S/3Na.Sn.5H. The van der Waals surface area contributed by atoms with Crippen molar-refractivity contribution in [2.75, 3.05) is 0 Å². The fourth-order valence-electron chi connectivity index (χ4n) is 0. The van der Waals surface area contributed by atoms with E-state index >= 15 is 0 Å². The molecule has 0 atom stereocenters. The van der Waals surface area contributed by atoms with Crippen LogP contribution >= 0.6 is 0 Å². The molecule has 0 fully saturated rings. The molecular formula is H5Na3Sn. The molecule has 0 aliphatic heterocycles. The van der Waals surface area contributed by atoms with E-state index in [9.17, 15) is 0 Å². The van der Waals surface area contributed by atoms with Crippen LogP contribution in [0.3, 0.4) is 0 Å². The quantitative estimate of drug-likeness (QED) is 0.363. The van der Waals surface area contributed by atoms with Gasteiger partial charge in [-0.2, -0.15) is 0 Å². The molecule has 0 N–H and O–H groups in total. The van der Waals surface area contributed by atoms with Gasteiger partial charge in [0.25, 0.3) is 0 Å². The summed E-state index contributed by atoms with van der Waals surface area (Å²) in [7, 11) is 0. The van der Waals surface area contributed by atoms with Crippen LogP contribution in [-0.2, 0) is 0 Å². The Bertz CT molecular complexity index is 3.25. The van der Waals surface area contributed by atoms with Crippen molar-refractivity contribution in [1.29, 1.82) is 0 Å². The van der Waals surface area contributed by atoms with Gasteiger partial charge < -0.3 is 0 Å². The summed E-state index contributed by atoms with van der Waals surface area (Å²) in [4.78, 5) is 0. The molecule has 0 saturated carbocycles. The van der Waals surface area contributed by atoms with Gasteiger partial charge in [0.05, 0.1) is 0 Å². The maximum atomic E-state index is 0. The topological polar surface area (TPSA) is 0 Å². The van der Waals surface area contributed by atoms with Gasteiger partial charge >= 0.3 is 113 Å². The first-order valence-electron chi connectivity index (χ1n) is 0. The average molecular weight is 193 g/mol. The molecule has 0 nitrogen and oxygen atoms in total. The zero-order chi connectivity index (χ0) is 0. The zero-order valence-electron chi connectivity index (χ0n) is 0.707. The average Bonchev–Trinajstić information content (AvgIpc) is 0. The van der Waals surface area contributed by atoms with Crippen LogP contribution in [-0.4, -0.2) is 113 Å². The van der Waals surface area contributed by atoms with E-state index in [4.69, 9.17) is 0 Å². The van der Waals surface area contributed by atoms with Crippen LogP contribution in [0.15, 0.2) is 0 Å². The van der Waals surface area contributed by atoms with Crippen molar-refractivity contribution < 1.29 is 0 Å². The van der Waals surface area contributed by atoms with Crippen LogP contribution in [0.4, 0.5) is 0 Å². The third-order valence-electron chi connectivity index (χ3n) is 0. The Hall–Kier alpha value is 3.80. The molecule has 0 amide bonds. The third-order valence-corrected chi connectivity index (χ3v) is 0. The second-order valence-electron chi connectivity index (χ2n) is 0. The van der Waals surface area contributed by atoms with Crippen LogP contribution in [0.1, 0.15) is 0 Å². The van der Waals surface area contributed by atoms with Gasteiger partial charge in [-0.05, 0) is 0 Å². The molecule has 0 aromatic rings. The Morgan fingerprint density at radius 1 is 0.500 bits per heavy atom. The monoisotopic (exact) mass is 194 g/mol. The van der Waals surface area contributed by atoms with Gasteiger partial charge in [0.1, 0.15) is 0 Å². The van der Waals surface area contributed by atoms with Crippen molar-refractivity contribution in [2.24, 2.45) is 0 Å².